The SMILES string of the molecule is CC1C=Cc2c(cccc2S(=O)(=O)Cl)C1=O.CC1C=Cc2c(cccc2S(=O)(=O)Oc2ccc(C(=O)c3ccc(O)c(OS(=O)(=O)c4cccc5c4C=CC(C)C5=O)c3O)cc2)C1=O.O=C(c1ccc(O)cc1)c1ccc(O)c(O)c1O. The summed E-state index contributed by atoms with van der Waals surface area (Å²) in [6.07, 6.45) is 9.48. The first kappa shape index (κ1) is 58.8. The van der Waals surface area contributed by atoms with Crippen LogP contribution in [0.15, 0.2) is 160 Å². The smallest absolute Gasteiger partial charge is 0.340 e. The number of ketones is 5. The third-order valence-electron chi connectivity index (χ3n) is 13.1. The van der Waals surface area contributed by atoms with E-state index in [4.69, 9.17) is 29.3 Å². The lowest BCUT2D eigenvalue weighted by Crippen LogP contribution is -2.18. The van der Waals surface area contributed by atoms with Crippen LogP contribution in [-0.4, -0.2) is 84.8 Å². The normalized spacial score (nSPS) is 16.0. The molecule has 3 unspecified atom stereocenters. The molecule has 3 aliphatic rings. The van der Waals surface area contributed by atoms with Crippen molar-refractivity contribution in [1.29, 1.82) is 0 Å². The molecule has 420 valence electrons. The molecule has 82 heavy (non-hydrogen) atoms. The van der Waals surface area contributed by atoms with Gasteiger partial charge in [-0.1, -0.05) is 93.6 Å². The molecule has 0 fully saturated rings. The number of benzene rings is 7. The summed E-state index contributed by atoms with van der Waals surface area (Å²) in [6.45, 7) is 5.14. The van der Waals surface area contributed by atoms with Crippen molar-refractivity contribution in [3.63, 3.8) is 0 Å². The molecule has 0 amide bonds. The van der Waals surface area contributed by atoms with Crippen molar-refractivity contribution in [2.45, 2.75) is 35.5 Å². The van der Waals surface area contributed by atoms with Crippen molar-refractivity contribution < 1.29 is 88.2 Å². The van der Waals surface area contributed by atoms with Gasteiger partial charge in [0, 0.05) is 72.9 Å². The predicted molar refractivity (Wildman–Crippen MR) is 298 cm³/mol. The van der Waals surface area contributed by atoms with Crippen LogP contribution in [-0.2, 0) is 29.3 Å². The van der Waals surface area contributed by atoms with Crippen LogP contribution in [0.1, 0.15) is 100 Å². The van der Waals surface area contributed by atoms with E-state index < -0.39 is 92.7 Å². The summed E-state index contributed by atoms with van der Waals surface area (Å²) in [6, 6.07) is 27.5. The molecular weight excluding hydrogens is 1140 g/mol. The van der Waals surface area contributed by atoms with E-state index in [1.165, 1.54) is 115 Å². The Morgan fingerprint density at radius 2 is 0.817 bits per heavy atom. The van der Waals surface area contributed by atoms with Crippen LogP contribution in [0, 0.1) is 17.8 Å². The number of aromatic hydroxyl groups is 6. The number of allylic oxidation sites excluding steroid dienone is 3. The molecule has 0 heterocycles. The first-order valence-corrected chi connectivity index (χ1v) is 29.4. The molecule has 0 saturated heterocycles. The second kappa shape index (κ2) is 23.0. The van der Waals surface area contributed by atoms with Gasteiger partial charge in [-0.25, -0.2) is 8.42 Å². The Labute approximate surface area is 473 Å². The van der Waals surface area contributed by atoms with Crippen LogP contribution in [0.2, 0.25) is 0 Å². The standard InChI is InChI=1S/C35H26O11S2.C13H10O5.C11H9ClO3S/c1-19-9-15-23-25(31(19)37)5-3-7-29(23)47(41,42)45-22-13-11-21(12-14-22)33(39)27-17-18-28(36)35(34(27)40)46-48(43,44)30-8-4-6-26-24(30)16-10-20(2)32(26)38;14-8-3-1-7(2-4-8)11(16)9-5-6-10(15)13(18)12(9)17;1-7-5-6-8-9(11(7)13)3-2-4-10(8)16(12,14)15/h3-20,36,40H,1-2H3;1-6,14-15,17-18H;2-7H,1H3. The van der Waals surface area contributed by atoms with E-state index in [0.717, 1.165) is 18.2 Å². The summed E-state index contributed by atoms with van der Waals surface area (Å²) in [7, 11) is -7.65. The summed E-state index contributed by atoms with van der Waals surface area (Å²) in [5, 5.41) is 58.5. The maximum atomic E-state index is 13.4. The van der Waals surface area contributed by atoms with Crippen molar-refractivity contribution in [3.8, 4) is 46.0 Å². The van der Waals surface area contributed by atoms with Crippen LogP contribution >= 0.6 is 10.7 Å². The minimum atomic E-state index is -4.74. The Kier molecular flexibility index (Phi) is 16.5. The highest BCUT2D eigenvalue weighted by Gasteiger charge is 2.32. The minimum absolute atomic E-state index is 0.0110. The number of halogens is 1. The molecule has 6 N–H and O–H groups in total. The Hall–Kier alpha value is -9.35. The fraction of sp³-hybridized carbons (Fsp3) is 0.102. The highest BCUT2D eigenvalue weighted by atomic mass is 35.7. The predicted octanol–water partition coefficient (Wildman–Crippen LogP) is 9.76. The van der Waals surface area contributed by atoms with Gasteiger partial charge in [0.05, 0.1) is 16.0 Å². The molecule has 0 spiro atoms. The number of phenols is 6. The van der Waals surface area contributed by atoms with Gasteiger partial charge in [0.15, 0.2) is 51.9 Å². The number of carbonyl (C=O) groups excluding carboxylic acids is 5. The molecule has 10 rings (SSSR count). The lowest BCUT2D eigenvalue weighted by Gasteiger charge is -2.18. The summed E-state index contributed by atoms with van der Waals surface area (Å²) in [4.78, 5) is 61.7. The van der Waals surface area contributed by atoms with E-state index in [1.54, 1.807) is 51.1 Å². The Bertz CT molecular complexity index is 4260. The van der Waals surface area contributed by atoms with Crippen molar-refractivity contribution in [2.75, 3.05) is 0 Å². The molecule has 0 saturated carbocycles. The van der Waals surface area contributed by atoms with Gasteiger partial charge in [0.25, 0.3) is 9.05 Å². The fourth-order valence-corrected chi connectivity index (χ4v) is 12.0. The molecule has 3 aliphatic carbocycles. The first-order chi connectivity index (χ1) is 38.6. The zero-order valence-corrected chi connectivity index (χ0v) is 46.1. The van der Waals surface area contributed by atoms with E-state index >= 15 is 0 Å². The second-order valence-electron chi connectivity index (χ2n) is 18.6. The van der Waals surface area contributed by atoms with Gasteiger partial charge in [-0.05, 0) is 91.0 Å². The zero-order chi connectivity index (χ0) is 59.7. The Balaban J connectivity index is 0.000000209. The number of rotatable bonds is 11. The molecule has 23 heteroatoms. The number of hydrogen-bond acceptors (Lipinski definition) is 19. The first-order valence-electron chi connectivity index (χ1n) is 24.3. The van der Waals surface area contributed by atoms with E-state index in [1.807, 2.05) is 0 Å². The summed E-state index contributed by atoms with van der Waals surface area (Å²) >= 11 is 0. The van der Waals surface area contributed by atoms with Crippen molar-refractivity contribution in [1.82, 2.24) is 0 Å². The Morgan fingerprint density at radius 1 is 0.439 bits per heavy atom. The lowest BCUT2D eigenvalue weighted by atomic mass is 9.89. The summed E-state index contributed by atoms with van der Waals surface area (Å²) in [5.41, 5.74) is 1.15. The molecule has 3 atom stereocenters. The molecule has 0 aromatic heterocycles. The molecule has 19 nitrogen and oxygen atoms in total. The second-order valence-corrected chi connectivity index (χ2v) is 24.1. The highest BCUT2D eigenvalue weighted by Crippen LogP contribution is 2.43. The number of fused-ring (bicyclic) bond motifs is 3. The minimum Gasteiger partial charge on any atom is -0.508 e. The fourth-order valence-electron chi connectivity index (χ4n) is 8.65. The van der Waals surface area contributed by atoms with Crippen LogP contribution in [0.3, 0.4) is 0 Å². The molecular formula is C59H45ClO19S3. The quantitative estimate of drug-likeness (QED) is 0.0304. The van der Waals surface area contributed by atoms with Gasteiger partial charge in [-0.15, -0.1) is 0 Å². The number of Topliss-reactive ketones (excluding diaryl/α,β-unsaturated/α-hetero) is 3. The third kappa shape index (κ3) is 11.9. The van der Waals surface area contributed by atoms with Crippen LogP contribution < -0.4 is 8.37 Å². The van der Waals surface area contributed by atoms with Crippen molar-refractivity contribution in [3.05, 3.63) is 201 Å². The van der Waals surface area contributed by atoms with Gasteiger partial charge >= 0.3 is 20.2 Å². The Morgan fingerprint density at radius 3 is 1.26 bits per heavy atom. The lowest BCUT2D eigenvalue weighted by molar-refractivity contribution is 0.0943. The third-order valence-corrected chi connectivity index (χ3v) is 17.0. The largest absolute Gasteiger partial charge is 0.508 e. The number of carbonyl (C=O) groups is 5. The summed E-state index contributed by atoms with van der Waals surface area (Å²) in [5.74, 6) is -7.73. The number of phenolic OH excluding ortho intramolecular Hbond substituents is 6. The van der Waals surface area contributed by atoms with Gasteiger partial charge < -0.3 is 39.0 Å². The van der Waals surface area contributed by atoms with E-state index in [0.29, 0.717) is 11.1 Å². The topological polar surface area (TPSA) is 328 Å². The molecule has 0 radical (unpaired) electrons. The zero-order valence-electron chi connectivity index (χ0n) is 42.9. The van der Waals surface area contributed by atoms with E-state index in [2.05, 4.69) is 0 Å². The van der Waals surface area contributed by atoms with Crippen LogP contribution in [0.5, 0.6) is 46.0 Å². The highest BCUT2D eigenvalue weighted by molar-refractivity contribution is 8.13. The van der Waals surface area contributed by atoms with Crippen LogP contribution in [0.4, 0.5) is 0 Å². The van der Waals surface area contributed by atoms with Crippen LogP contribution in [0.25, 0.3) is 18.2 Å². The molecule has 0 aliphatic heterocycles. The maximum Gasteiger partial charge on any atom is 0.340 e. The van der Waals surface area contributed by atoms with E-state index in [-0.39, 0.29) is 88.4 Å². The summed E-state index contributed by atoms with van der Waals surface area (Å²) < 4.78 is 86.0. The van der Waals surface area contributed by atoms with E-state index in [9.17, 15) is 69.7 Å². The van der Waals surface area contributed by atoms with Crippen molar-refractivity contribution in [2.24, 2.45) is 17.8 Å². The van der Waals surface area contributed by atoms with Gasteiger partial charge in [0.2, 0.25) is 11.5 Å². The average molecular weight is 1190 g/mol. The molecule has 7 aromatic rings. The van der Waals surface area contributed by atoms with Gasteiger partial charge in [0.1, 0.15) is 21.3 Å². The average Bonchev–Trinajstić information content (AvgIpc) is 3.33. The number of hydrogen-bond donors (Lipinski definition) is 6. The monoisotopic (exact) mass is 1190 g/mol. The van der Waals surface area contributed by atoms with Gasteiger partial charge in [-0.3, -0.25) is 24.0 Å². The maximum absolute atomic E-state index is 13.4. The molecule has 7 aromatic carbocycles. The molecule has 0 bridgehead atoms. The van der Waals surface area contributed by atoms with Crippen molar-refractivity contribution >= 4 is 87.1 Å². The van der Waals surface area contributed by atoms with Gasteiger partial charge in [-0.2, -0.15) is 16.8 Å².